The zero-order valence-corrected chi connectivity index (χ0v) is 17.1. The second-order valence-corrected chi connectivity index (χ2v) is 8.30. The van der Waals surface area contributed by atoms with Crippen LogP contribution in [0.2, 0.25) is 0 Å². The highest BCUT2D eigenvalue weighted by Crippen LogP contribution is 2.30. The number of aryl methyl sites for hydroxylation is 2. The number of fused-ring (bicyclic) bond motifs is 1. The fourth-order valence-corrected chi connectivity index (χ4v) is 4.74. The Labute approximate surface area is 177 Å². The number of rotatable bonds is 5. The first-order valence-corrected chi connectivity index (χ1v) is 11.0. The summed E-state index contributed by atoms with van der Waals surface area (Å²) < 4.78 is 2.01. The van der Waals surface area contributed by atoms with E-state index in [1.54, 1.807) is 12.4 Å². The molecule has 0 saturated heterocycles. The number of benzene rings is 1. The van der Waals surface area contributed by atoms with Crippen molar-refractivity contribution in [3.63, 3.8) is 0 Å². The van der Waals surface area contributed by atoms with Gasteiger partial charge in [0.15, 0.2) is 0 Å². The van der Waals surface area contributed by atoms with E-state index in [2.05, 4.69) is 39.6 Å². The van der Waals surface area contributed by atoms with Crippen molar-refractivity contribution in [3.8, 4) is 23.3 Å². The second kappa shape index (κ2) is 8.27. The summed E-state index contributed by atoms with van der Waals surface area (Å²) in [7, 11) is 0. The van der Waals surface area contributed by atoms with Gasteiger partial charge >= 0.3 is 0 Å². The SMILES string of the molecule is N#CCc1cnc(-c2ccc3c(c2)CCC3)n1-c1ccnc(NC2CCCCC2)n1. The monoisotopic (exact) mass is 398 g/mol. The minimum Gasteiger partial charge on any atom is -0.351 e. The third-order valence-corrected chi connectivity index (χ3v) is 6.26. The zero-order chi connectivity index (χ0) is 20.3. The molecule has 2 aromatic heterocycles. The molecule has 0 radical (unpaired) electrons. The summed E-state index contributed by atoms with van der Waals surface area (Å²) in [5, 5.41) is 12.8. The summed E-state index contributed by atoms with van der Waals surface area (Å²) in [5.41, 5.74) is 4.76. The van der Waals surface area contributed by atoms with Gasteiger partial charge in [0.2, 0.25) is 5.95 Å². The largest absolute Gasteiger partial charge is 0.351 e. The van der Waals surface area contributed by atoms with Crippen molar-refractivity contribution >= 4 is 5.95 Å². The molecule has 0 bridgehead atoms. The molecular weight excluding hydrogens is 372 g/mol. The van der Waals surface area contributed by atoms with Gasteiger partial charge < -0.3 is 5.32 Å². The number of nitrogens with zero attached hydrogens (tertiary/aromatic N) is 5. The molecular formula is C24H26N6. The number of nitrogens with one attached hydrogen (secondary N) is 1. The van der Waals surface area contributed by atoms with Crippen LogP contribution < -0.4 is 5.32 Å². The fourth-order valence-electron chi connectivity index (χ4n) is 4.74. The lowest BCUT2D eigenvalue weighted by Crippen LogP contribution is -2.23. The third-order valence-electron chi connectivity index (χ3n) is 6.26. The van der Waals surface area contributed by atoms with Crippen LogP contribution in [0.25, 0.3) is 17.2 Å². The highest BCUT2D eigenvalue weighted by atomic mass is 15.2. The Bertz CT molecular complexity index is 1090. The number of hydrogen-bond donors (Lipinski definition) is 1. The van der Waals surface area contributed by atoms with Gasteiger partial charge in [-0.2, -0.15) is 10.2 Å². The Balaban J connectivity index is 1.52. The van der Waals surface area contributed by atoms with Crippen LogP contribution in [-0.2, 0) is 19.3 Å². The minimum atomic E-state index is 0.285. The number of aromatic nitrogens is 4. The van der Waals surface area contributed by atoms with Gasteiger partial charge in [-0.05, 0) is 55.4 Å². The van der Waals surface area contributed by atoms with Gasteiger partial charge in [-0.25, -0.2) is 9.97 Å². The van der Waals surface area contributed by atoms with Gasteiger partial charge in [-0.1, -0.05) is 31.4 Å². The summed E-state index contributed by atoms with van der Waals surface area (Å²) >= 11 is 0. The second-order valence-electron chi connectivity index (χ2n) is 8.30. The van der Waals surface area contributed by atoms with E-state index < -0.39 is 0 Å². The number of imidazole rings is 1. The normalized spacial score (nSPS) is 16.2. The molecule has 6 heteroatoms. The van der Waals surface area contributed by atoms with Crippen LogP contribution in [0.3, 0.4) is 0 Å². The van der Waals surface area contributed by atoms with Gasteiger partial charge in [0.05, 0.1) is 24.4 Å². The summed E-state index contributed by atoms with van der Waals surface area (Å²) in [6.07, 6.45) is 13.5. The first-order chi connectivity index (χ1) is 14.8. The first kappa shape index (κ1) is 18.8. The Morgan fingerprint density at radius 2 is 1.90 bits per heavy atom. The smallest absolute Gasteiger partial charge is 0.224 e. The zero-order valence-electron chi connectivity index (χ0n) is 17.1. The number of nitriles is 1. The Kier molecular flexibility index (Phi) is 5.18. The molecule has 0 unspecified atom stereocenters. The van der Waals surface area contributed by atoms with E-state index >= 15 is 0 Å². The number of anilines is 1. The summed E-state index contributed by atoms with van der Waals surface area (Å²) in [4.78, 5) is 13.9. The van der Waals surface area contributed by atoms with Gasteiger partial charge in [0.25, 0.3) is 0 Å². The fraction of sp³-hybridized carbons (Fsp3) is 0.417. The first-order valence-electron chi connectivity index (χ1n) is 11.0. The summed E-state index contributed by atoms with van der Waals surface area (Å²) in [6.45, 7) is 0. The lowest BCUT2D eigenvalue weighted by molar-refractivity contribution is 0.461. The maximum atomic E-state index is 9.33. The van der Waals surface area contributed by atoms with Crippen molar-refractivity contribution in [1.82, 2.24) is 19.5 Å². The van der Waals surface area contributed by atoms with Crippen molar-refractivity contribution < 1.29 is 0 Å². The molecule has 1 N–H and O–H groups in total. The summed E-state index contributed by atoms with van der Waals surface area (Å²) in [5.74, 6) is 2.23. The molecule has 6 nitrogen and oxygen atoms in total. The van der Waals surface area contributed by atoms with Crippen LogP contribution in [0.4, 0.5) is 5.95 Å². The quantitative estimate of drug-likeness (QED) is 0.678. The van der Waals surface area contributed by atoms with Crippen molar-refractivity contribution in [1.29, 1.82) is 5.26 Å². The minimum absolute atomic E-state index is 0.285. The molecule has 0 aliphatic heterocycles. The molecule has 3 aromatic rings. The van der Waals surface area contributed by atoms with Crippen LogP contribution in [-0.4, -0.2) is 25.6 Å². The van der Waals surface area contributed by atoms with Gasteiger partial charge in [0.1, 0.15) is 11.6 Å². The average molecular weight is 399 g/mol. The lowest BCUT2D eigenvalue weighted by atomic mass is 9.96. The molecule has 1 aromatic carbocycles. The molecule has 0 spiro atoms. The van der Waals surface area contributed by atoms with Crippen molar-refractivity contribution in [3.05, 3.63) is 53.5 Å². The third kappa shape index (κ3) is 3.68. The molecule has 5 rings (SSSR count). The number of hydrogen-bond acceptors (Lipinski definition) is 5. The van der Waals surface area contributed by atoms with E-state index in [1.807, 2.05) is 10.6 Å². The Morgan fingerprint density at radius 1 is 1.03 bits per heavy atom. The van der Waals surface area contributed by atoms with Crippen molar-refractivity contribution in [2.24, 2.45) is 0 Å². The van der Waals surface area contributed by atoms with Crippen LogP contribution in [0.1, 0.15) is 55.3 Å². The predicted octanol–water partition coefficient (Wildman–Crippen LogP) is 4.63. The highest BCUT2D eigenvalue weighted by molar-refractivity contribution is 5.62. The van der Waals surface area contributed by atoms with Crippen molar-refractivity contribution in [2.45, 2.75) is 63.8 Å². The van der Waals surface area contributed by atoms with E-state index in [1.165, 1.54) is 49.7 Å². The van der Waals surface area contributed by atoms with Crippen LogP contribution >= 0.6 is 0 Å². The van der Waals surface area contributed by atoms with Crippen molar-refractivity contribution in [2.75, 3.05) is 5.32 Å². The molecule has 1 fully saturated rings. The van der Waals surface area contributed by atoms with E-state index in [9.17, 15) is 5.26 Å². The molecule has 1 saturated carbocycles. The predicted molar refractivity (Wildman–Crippen MR) is 116 cm³/mol. The molecule has 2 aliphatic carbocycles. The van der Waals surface area contributed by atoms with E-state index in [0.29, 0.717) is 12.0 Å². The molecule has 152 valence electrons. The molecule has 2 heterocycles. The van der Waals surface area contributed by atoms with Crippen LogP contribution in [0, 0.1) is 11.3 Å². The summed E-state index contributed by atoms with van der Waals surface area (Å²) in [6, 6.07) is 11.2. The molecule has 30 heavy (non-hydrogen) atoms. The van der Waals surface area contributed by atoms with Crippen LogP contribution in [0.5, 0.6) is 0 Å². The Hall–Kier alpha value is -3.20. The Morgan fingerprint density at radius 3 is 2.77 bits per heavy atom. The van der Waals surface area contributed by atoms with Gasteiger partial charge in [0, 0.05) is 17.8 Å². The van der Waals surface area contributed by atoms with Crippen LogP contribution in [0.15, 0.2) is 36.7 Å². The van der Waals surface area contributed by atoms with E-state index in [-0.39, 0.29) is 6.42 Å². The average Bonchev–Trinajstić information content (AvgIpc) is 3.41. The highest BCUT2D eigenvalue weighted by Gasteiger charge is 2.19. The maximum absolute atomic E-state index is 9.33. The maximum Gasteiger partial charge on any atom is 0.224 e. The standard InChI is InChI=1S/C24H26N6/c25-13-11-21-16-27-23(19-10-9-17-5-4-6-18(17)15-19)30(21)22-12-14-26-24(29-22)28-20-7-2-1-3-8-20/h9-10,12,14-16,20H,1-8,11H2,(H,26,28,29). The van der Waals surface area contributed by atoms with E-state index in [0.717, 1.165) is 35.7 Å². The van der Waals surface area contributed by atoms with Gasteiger partial charge in [-0.15, -0.1) is 0 Å². The molecule has 0 amide bonds. The van der Waals surface area contributed by atoms with Gasteiger partial charge in [-0.3, -0.25) is 4.57 Å². The topological polar surface area (TPSA) is 79.4 Å². The molecule has 2 aliphatic rings. The molecule has 0 atom stereocenters. The lowest BCUT2D eigenvalue weighted by Gasteiger charge is -2.23. The van der Waals surface area contributed by atoms with E-state index in [4.69, 9.17) is 4.98 Å².